The van der Waals surface area contributed by atoms with Crippen molar-refractivity contribution in [2.45, 2.75) is 30.6 Å². The number of rotatable bonds is 9. The Balaban J connectivity index is 1.58. The summed E-state index contributed by atoms with van der Waals surface area (Å²) in [6.45, 7) is 0.164. The Labute approximate surface area is 221 Å². The minimum absolute atomic E-state index is 0.164. The van der Waals surface area contributed by atoms with Gasteiger partial charge in [-0.2, -0.15) is 0 Å². The summed E-state index contributed by atoms with van der Waals surface area (Å²) in [6.07, 6.45) is -0.595. The molecule has 3 aromatic carbocycles. The smallest absolute Gasteiger partial charge is 0.414 e. The lowest BCUT2D eigenvalue weighted by molar-refractivity contribution is -0.357. The van der Waals surface area contributed by atoms with Crippen LogP contribution in [-0.4, -0.2) is 68.3 Å². The molecule has 2 fully saturated rings. The first kappa shape index (κ1) is 25.6. The summed E-state index contributed by atoms with van der Waals surface area (Å²) in [5.74, 6) is -0.899. The maximum Gasteiger partial charge on any atom is 0.414 e. The molecule has 9 heteroatoms. The van der Waals surface area contributed by atoms with E-state index in [1.165, 1.54) is 19.1 Å². The van der Waals surface area contributed by atoms with Crippen LogP contribution in [0.1, 0.15) is 22.7 Å². The molecule has 1 amide bonds. The van der Waals surface area contributed by atoms with Crippen molar-refractivity contribution >= 4 is 12.1 Å². The third kappa shape index (κ3) is 4.04. The minimum atomic E-state index is -1.51. The molecule has 3 aromatic rings. The second-order valence-electron chi connectivity index (χ2n) is 9.06. The highest BCUT2D eigenvalue weighted by atomic mass is 16.8. The van der Waals surface area contributed by atoms with Gasteiger partial charge < -0.3 is 23.7 Å². The van der Waals surface area contributed by atoms with Gasteiger partial charge in [-0.3, -0.25) is 9.69 Å². The average Bonchev–Trinajstić information content (AvgIpc) is 3.19. The molecule has 0 aliphatic carbocycles. The van der Waals surface area contributed by atoms with E-state index < -0.39 is 36.1 Å². The molecule has 0 bridgehead atoms. The van der Waals surface area contributed by atoms with Gasteiger partial charge in [0.1, 0.15) is 12.1 Å². The van der Waals surface area contributed by atoms with Crippen LogP contribution in [0.3, 0.4) is 0 Å². The minimum Gasteiger partial charge on any atom is -0.493 e. The van der Waals surface area contributed by atoms with Gasteiger partial charge in [-0.1, -0.05) is 66.7 Å². The molecule has 2 heterocycles. The van der Waals surface area contributed by atoms with Crippen LogP contribution in [-0.2, 0) is 25.5 Å². The van der Waals surface area contributed by atoms with E-state index in [4.69, 9.17) is 23.7 Å². The van der Waals surface area contributed by atoms with E-state index in [-0.39, 0.29) is 6.54 Å². The fourth-order valence-corrected chi connectivity index (χ4v) is 5.49. The quantitative estimate of drug-likeness (QED) is 0.394. The highest BCUT2D eigenvalue weighted by molar-refractivity contribution is 5.83. The molecule has 3 atom stereocenters. The van der Waals surface area contributed by atoms with E-state index in [1.54, 1.807) is 31.3 Å². The van der Waals surface area contributed by atoms with Crippen LogP contribution < -0.4 is 9.47 Å². The number of fused-ring (bicyclic) bond motifs is 1. The molecule has 5 rings (SSSR count). The van der Waals surface area contributed by atoms with Crippen molar-refractivity contribution in [3.8, 4) is 11.5 Å². The molecule has 198 valence electrons. The number of hydrogen-bond donors (Lipinski definition) is 0. The van der Waals surface area contributed by atoms with Crippen molar-refractivity contribution in [1.29, 1.82) is 0 Å². The Morgan fingerprint density at radius 3 is 2.03 bits per heavy atom. The highest BCUT2D eigenvalue weighted by Crippen LogP contribution is 2.53. The van der Waals surface area contributed by atoms with Gasteiger partial charge in [0.2, 0.25) is 0 Å². The van der Waals surface area contributed by atoms with E-state index in [0.29, 0.717) is 11.5 Å². The molecule has 2 aliphatic rings. The molecule has 2 saturated heterocycles. The van der Waals surface area contributed by atoms with Gasteiger partial charge in [0.25, 0.3) is 0 Å². The monoisotopic (exact) mass is 518 g/mol. The Hall–Kier alpha value is -4.08. The molecule has 9 nitrogen and oxygen atoms in total. The lowest BCUT2D eigenvalue weighted by Gasteiger charge is -2.58. The van der Waals surface area contributed by atoms with Gasteiger partial charge in [0.15, 0.2) is 11.5 Å². The molecule has 0 radical (unpaired) electrons. The number of nitrogens with zero attached hydrogens (tertiary/aromatic N) is 2. The Morgan fingerprint density at radius 2 is 1.50 bits per heavy atom. The SMILES string of the molecule is COC(=O)C1C2N(Cc3ccc(OC)c(OC)c3)C(=O)OC2(OC)N1C(c1ccccc1)c1ccccc1. The van der Waals surface area contributed by atoms with Crippen LogP contribution in [0.15, 0.2) is 78.9 Å². The first-order valence-corrected chi connectivity index (χ1v) is 12.2. The molecule has 0 saturated carbocycles. The summed E-state index contributed by atoms with van der Waals surface area (Å²) in [4.78, 5) is 30.0. The number of ether oxygens (including phenoxy) is 5. The average molecular weight is 519 g/mol. The van der Waals surface area contributed by atoms with Crippen LogP contribution in [0.2, 0.25) is 0 Å². The zero-order chi connectivity index (χ0) is 26.9. The predicted octanol–water partition coefficient (Wildman–Crippen LogP) is 3.97. The van der Waals surface area contributed by atoms with Crippen LogP contribution >= 0.6 is 0 Å². The van der Waals surface area contributed by atoms with Crippen LogP contribution in [0.5, 0.6) is 11.5 Å². The van der Waals surface area contributed by atoms with Gasteiger partial charge in [-0.25, -0.2) is 9.69 Å². The maximum absolute atomic E-state index is 13.4. The molecule has 3 unspecified atom stereocenters. The molecule has 38 heavy (non-hydrogen) atoms. The van der Waals surface area contributed by atoms with Crippen LogP contribution in [0.4, 0.5) is 4.79 Å². The van der Waals surface area contributed by atoms with Gasteiger partial charge in [-0.15, -0.1) is 0 Å². The largest absolute Gasteiger partial charge is 0.493 e. The van der Waals surface area contributed by atoms with Crippen LogP contribution in [0.25, 0.3) is 0 Å². The molecule has 0 N–H and O–H groups in total. The van der Waals surface area contributed by atoms with Gasteiger partial charge in [-0.05, 0) is 28.8 Å². The second-order valence-corrected chi connectivity index (χ2v) is 9.06. The first-order valence-electron chi connectivity index (χ1n) is 12.2. The second kappa shape index (κ2) is 10.4. The first-order chi connectivity index (χ1) is 18.5. The Bertz CT molecular complexity index is 1260. The number of esters is 1. The summed E-state index contributed by atoms with van der Waals surface area (Å²) in [5, 5.41) is 0. The van der Waals surface area contributed by atoms with Crippen molar-refractivity contribution in [3.05, 3.63) is 95.6 Å². The van der Waals surface area contributed by atoms with Crippen molar-refractivity contribution in [2.24, 2.45) is 0 Å². The molecular weight excluding hydrogens is 488 g/mol. The molecule has 2 aliphatic heterocycles. The van der Waals surface area contributed by atoms with Gasteiger partial charge >= 0.3 is 18.0 Å². The van der Waals surface area contributed by atoms with Crippen molar-refractivity contribution in [2.75, 3.05) is 28.4 Å². The summed E-state index contributed by atoms with van der Waals surface area (Å²) in [7, 11) is 5.92. The third-order valence-corrected chi connectivity index (χ3v) is 7.18. The lowest BCUT2D eigenvalue weighted by Crippen LogP contribution is -2.81. The normalized spacial score (nSPS) is 22.4. The molecule has 0 spiro atoms. The number of methoxy groups -OCH3 is 4. The summed E-state index contributed by atoms with van der Waals surface area (Å²) < 4.78 is 27.9. The number of carbonyl (C=O) groups excluding carboxylic acids is 2. The fourth-order valence-electron chi connectivity index (χ4n) is 5.49. The number of likely N-dealkylation sites (tertiary alicyclic amines) is 1. The Morgan fingerprint density at radius 1 is 0.895 bits per heavy atom. The number of hydrogen-bond acceptors (Lipinski definition) is 8. The van der Waals surface area contributed by atoms with Crippen molar-refractivity contribution in [3.63, 3.8) is 0 Å². The van der Waals surface area contributed by atoms with E-state index >= 15 is 0 Å². The lowest BCUT2D eigenvalue weighted by atomic mass is 9.83. The van der Waals surface area contributed by atoms with Crippen LogP contribution in [0, 0.1) is 0 Å². The van der Waals surface area contributed by atoms with E-state index in [9.17, 15) is 9.59 Å². The van der Waals surface area contributed by atoms with Crippen molar-refractivity contribution < 1.29 is 33.3 Å². The topological polar surface area (TPSA) is 86.8 Å². The van der Waals surface area contributed by atoms with E-state index in [1.807, 2.05) is 66.7 Å². The number of amides is 1. The summed E-state index contributed by atoms with van der Waals surface area (Å²) in [5.41, 5.74) is 2.60. The van der Waals surface area contributed by atoms with Gasteiger partial charge in [0, 0.05) is 13.7 Å². The zero-order valence-corrected chi connectivity index (χ0v) is 21.7. The van der Waals surface area contributed by atoms with E-state index in [0.717, 1.165) is 16.7 Å². The third-order valence-electron chi connectivity index (χ3n) is 7.18. The number of benzene rings is 3. The van der Waals surface area contributed by atoms with Gasteiger partial charge in [0.05, 0.1) is 27.4 Å². The molecular formula is C29H30N2O7. The van der Waals surface area contributed by atoms with Crippen molar-refractivity contribution in [1.82, 2.24) is 9.80 Å². The highest BCUT2D eigenvalue weighted by Gasteiger charge is 2.76. The number of carbonyl (C=O) groups is 2. The summed E-state index contributed by atoms with van der Waals surface area (Å²) >= 11 is 0. The Kier molecular flexibility index (Phi) is 6.96. The van der Waals surface area contributed by atoms with E-state index in [2.05, 4.69) is 0 Å². The summed E-state index contributed by atoms with van der Waals surface area (Å²) in [6, 6.07) is 22.8. The fraction of sp³-hybridized carbons (Fsp3) is 0.310. The molecule has 0 aromatic heterocycles. The standard InChI is InChI=1S/C29H30N2O7/c1-34-22-16-15-19(17-23(22)35-2)18-30-26-25(27(32)36-3)31(29(26,37-4)38-28(30)33)24(20-11-7-5-8-12-20)21-13-9-6-10-14-21/h5-17,24-26H,18H2,1-4H3. The maximum atomic E-state index is 13.4. The predicted molar refractivity (Wildman–Crippen MR) is 137 cm³/mol. The zero-order valence-electron chi connectivity index (χ0n) is 21.7.